The van der Waals surface area contributed by atoms with Crippen molar-refractivity contribution >= 4 is 6.03 Å². The first-order valence-corrected chi connectivity index (χ1v) is 4.42. The number of aryl methyl sites for hydroxylation is 1. The minimum absolute atomic E-state index is 0.00667. The van der Waals surface area contributed by atoms with Gasteiger partial charge >= 0.3 is 6.03 Å². The molecule has 0 aliphatic carbocycles. The number of hydrogen-bond acceptors (Lipinski definition) is 2. The van der Waals surface area contributed by atoms with Crippen LogP contribution in [-0.4, -0.2) is 12.6 Å². The lowest BCUT2D eigenvalue weighted by Gasteiger charge is -2.03. The van der Waals surface area contributed by atoms with Gasteiger partial charge in [-0.3, -0.25) is 0 Å². The molecule has 2 rings (SSSR count). The van der Waals surface area contributed by atoms with Gasteiger partial charge in [-0.1, -0.05) is 6.92 Å². The molecule has 1 atom stereocenters. The van der Waals surface area contributed by atoms with Crippen molar-refractivity contribution in [2.75, 3.05) is 6.54 Å². The Morgan fingerprint density at radius 2 is 2.46 bits per heavy atom. The monoisotopic (exact) mass is 180 g/mol. The highest BCUT2D eigenvalue weighted by atomic mass is 16.3. The van der Waals surface area contributed by atoms with E-state index in [0.29, 0.717) is 6.54 Å². The van der Waals surface area contributed by atoms with Crippen LogP contribution >= 0.6 is 0 Å². The standard InChI is InChI=1S/C9H12N2O2/c1-2-6-3-4-8(13-6)7-5-10-9(12)11-7/h3-4,7H,2,5H2,1H3,(H2,10,11,12)/t7-/m0/s1. The fourth-order valence-electron chi connectivity index (χ4n) is 1.40. The van der Waals surface area contributed by atoms with E-state index < -0.39 is 0 Å². The normalized spacial score (nSPS) is 21.3. The summed E-state index contributed by atoms with van der Waals surface area (Å²) < 4.78 is 5.51. The van der Waals surface area contributed by atoms with Crippen molar-refractivity contribution in [1.29, 1.82) is 0 Å². The van der Waals surface area contributed by atoms with E-state index in [1.807, 2.05) is 19.1 Å². The first-order chi connectivity index (χ1) is 6.29. The fourth-order valence-corrected chi connectivity index (χ4v) is 1.40. The Bertz CT molecular complexity index is 319. The molecular formula is C9H12N2O2. The predicted molar refractivity (Wildman–Crippen MR) is 47.4 cm³/mol. The largest absolute Gasteiger partial charge is 0.464 e. The molecule has 13 heavy (non-hydrogen) atoms. The zero-order valence-electron chi connectivity index (χ0n) is 7.46. The number of furan rings is 1. The van der Waals surface area contributed by atoms with E-state index in [4.69, 9.17) is 4.42 Å². The molecule has 0 bridgehead atoms. The number of hydrogen-bond donors (Lipinski definition) is 2. The first kappa shape index (κ1) is 8.16. The topological polar surface area (TPSA) is 54.3 Å². The number of rotatable bonds is 2. The molecule has 0 spiro atoms. The summed E-state index contributed by atoms with van der Waals surface area (Å²) in [6.45, 7) is 2.64. The second kappa shape index (κ2) is 3.12. The average molecular weight is 180 g/mol. The van der Waals surface area contributed by atoms with E-state index in [0.717, 1.165) is 17.9 Å². The van der Waals surface area contributed by atoms with E-state index in [2.05, 4.69) is 10.6 Å². The van der Waals surface area contributed by atoms with Crippen molar-refractivity contribution in [1.82, 2.24) is 10.6 Å². The number of amides is 2. The third kappa shape index (κ3) is 1.52. The van der Waals surface area contributed by atoms with Crippen LogP contribution in [0.4, 0.5) is 4.79 Å². The van der Waals surface area contributed by atoms with Gasteiger partial charge in [0, 0.05) is 13.0 Å². The van der Waals surface area contributed by atoms with Gasteiger partial charge < -0.3 is 15.1 Å². The van der Waals surface area contributed by atoms with Crippen LogP contribution in [-0.2, 0) is 6.42 Å². The maximum Gasteiger partial charge on any atom is 0.315 e. The Balaban J connectivity index is 2.12. The maximum atomic E-state index is 10.8. The molecule has 1 aromatic heterocycles. The van der Waals surface area contributed by atoms with Crippen LogP contribution in [0.25, 0.3) is 0 Å². The lowest BCUT2D eigenvalue weighted by Crippen LogP contribution is -2.21. The third-order valence-electron chi connectivity index (χ3n) is 2.15. The predicted octanol–water partition coefficient (Wildman–Crippen LogP) is 1.20. The summed E-state index contributed by atoms with van der Waals surface area (Å²) in [5.41, 5.74) is 0. The molecular weight excluding hydrogens is 168 g/mol. The van der Waals surface area contributed by atoms with Gasteiger partial charge in [-0.05, 0) is 12.1 Å². The van der Waals surface area contributed by atoms with Crippen molar-refractivity contribution < 1.29 is 9.21 Å². The second-order valence-electron chi connectivity index (χ2n) is 3.06. The maximum absolute atomic E-state index is 10.8. The smallest absolute Gasteiger partial charge is 0.315 e. The number of carbonyl (C=O) groups is 1. The Morgan fingerprint density at radius 1 is 1.62 bits per heavy atom. The van der Waals surface area contributed by atoms with Crippen LogP contribution in [0, 0.1) is 0 Å². The molecule has 0 aromatic carbocycles. The highest BCUT2D eigenvalue weighted by Gasteiger charge is 2.23. The van der Waals surface area contributed by atoms with Crippen LogP contribution < -0.4 is 10.6 Å². The summed E-state index contributed by atoms with van der Waals surface area (Å²) in [4.78, 5) is 10.8. The van der Waals surface area contributed by atoms with Gasteiger partial charge in [0.1, 0.15) is 17.6 Å². The Morgan fingerprint density at radius 3 is 3.00 bits per heavy atom. The van der Waals surface area contributed by atoms with E-state index >= 15 is 0 Å². The molecule has 1 fully saturated rings. The first-order valence-electron chi connectivity index (χ1n) is 4.42. The molecule has 4 nitrogen and oxygen atoms in total. The van der Waals surface area contributed by atoms with Gasteiger partial charge in [0.15, 0.2) is 0 Å². The van der Waals surface area contributed by atoms with Gasteiger partial charge in [0.25, 0.3) is 0 Å². The van der Waals surface area contributed by atoms with E-state index in [-0.39, 0.29) is 12.1 Å². The molecule has 0 unspecified atom stereocenters. The molecule has 0 radical (unpaired) electrons. The van der Waals surface area contributed by atoms with Crippen LogP contribution in [0.5, 0.6) is 0 Å². The molecule has 1 aliphatic rings. The van der Waals surface area contributed by atoms with Crippen molar-refractivity contribution in [3.05, 3.63) is 23.7 Å². The Labute approximate surface area is 76.3 Å². The summed E-state index contributed by atoms with van der Waals surface area (Å²) >= 11 is 0. The van der Waals surface area contributed by atoms with Gasteiger partial charge in [0.2, 0.25) is 0 Å². The average Bonchev–Trinajstić information content (AvgIpc) is 2.71. The van der Waals surface area contributed by atoms with E-state index in [1.165, 1.54) is 0 Å². The van der Waals surface area contributed by atoms with Gasteiger partial charge in [-0.25, -0.2) is 4.79 Å². The number of carbonyl (C=O) groups excluding carboxylic acids is 1. The Kier molecular flexibility index (Phi) is 1.96. The molecule has 2 heterocycles. The highest BCUT2D eigenvalue weighted by Crippen LogP contribution is 2.18. The van der Waals surface area contributed by atoms with Crippen molar-refractivity contribution in [3.8, 4) is 0 Å². The number of urea groups is 1. The molecule has 1 aliphatic heterocycles. The van der Waals surface area contributed by atoms with E-state index in [1.54, 1.807) is 0 Å². The summed E-state index contributed by atoms with van der Waals surface area (Å²) in [6.07, 6.45) is 0.883. The molecule has 4 heteroatoms. The van der Waals surface area contributed by atoms with Gasteiger partial charge in [0.05, 0.1) is 0 Å². The SMILES string of the molecule is CCc1ccc([C@@H]2CNC(=O)N2)o1. The summed E-state index contributed by atoms with van der Waals surface area (Å²) in [6, 6.07) is 3.73. The van der Waals surface area contributed by atoms with Gasteiger partial charge in [-0.15, -0.1) is 0 Å². The van der Waals surface area contributed by atoms with Crippen LogP contribution in [0.1, 0.15) is 24.5 Å². The van der Waals surface area contributed by atoms with Crippen molar-refractivity contribution in [3.63, 3.8) is 0 Å². The van der Waals surface area contributed by atoms with Crippen molar-refractivity contribution in [2.45, 2.75) is 19.4 Å². The summed E-state index contributed by atoms with van der Waals surface area (Å²) in [7, 11) is 0. The Hall–Kier alpha value is -1.45. The summed E-state index contributed by atoms with van der Waals surface area (Å²) in [5.74, 6) is 1.78. The highest BCUT2D eigenvalue weighted by molar-refractivity contribution is 5.76. The molecule has 0 saturated carbocycles. The third-order valence-corrected chi connectivity index (χ3v) is 2.15. The lowest BCUT2D eigenvalue weighted by molar-refractivity contribution is 0.247. The minimum Gasteiger partial charge on any atom is -0.464 e. The molecule has 70 valence electrons. The van der Waals surface area contributed by atoms with Crippen molar-refractivity contribution in [2.24, 2.45) is 0 Å². The van der Waals surface area contributed by atoms with Crippen LogP contribution in [0.15, 0.2) is 16.5 Å². The summed E-state index contributed by atoms with van der Waals surface area (Å²) in [5, 5.41) is 5.45. The minimum atomic E-state index is -0.126. The van der Waals surface area contributed by atoms with Crippen LogP contribution in [0.3, 0.4) is 0 Å². The molecule has 1 aromatic rings. The fraction of sp³-hybridized carbons (Fsp3) is 0.444. The lowest BCUT2D eigenvalue weighted by atomic mass is 10.2. The van der Waals surface area contributed by atoms with E-state index in [9.17, 15) is 4.79 Å². The quantitative estimate of drug-likeness (QED) is 0.718. The molecule has 1 saturated heterocycles. The second-order valence-corrected chi connectivity index (χ2v) is 3.06. The zero-order chi connectivity index (χ0) is 9.26. The molecule has 2 amide bonds. The zero-order valence-corrected chi connectivity index (χ0v) is 7.46. The van der Waals surface area contributed by atoms with Gasteiger partial charge in [-0.2, -0.15) is 0 Å². The van der Waals surface area contributed by atoms with Crippen LogP contribution in [0.2, 0.25) is 0 Å². The number of nitrogens with one attached hydrogen (secondary N) is 2. The molecule has 2 N–H and O–H groups in total.